The van der Waals surface area contributed by atoms with Crippen LogP contribution in [0.15, 0.2) is 24.3 Å². The molecule has 0 aliphatic heterocycles. The van der Waals surface area contributed by atoms with Crippen LogP contribution in [0.3, 0.4) is 0 Å². The third-order valence-electron chi connectivity index (χ3n) is 4.29. The molecule has 2 rings (SSSR count). The first-order valence-electron chi connectivity index (χ1n) is 7.02. The lowest BCUT2D eigenvalue weighted by Gasteiger charge is -2.22. The molecule has 0 fully saturated rings. The summed E-state index contributed by atoms with van der Waals surface area (Å²) in [5, 5.41) is 0. The number of carbonyl (C=O) groups is 1. The van der Waals surface area contributed by atoms with Gasteiger partial charge in [0, 0.05) is 5.56 Å². The van der Waals surface area contributed by atoms with Gasteiger partial charge in [0.05, 0.1) is 0 Å². The van der Waals surface area contributed by atoms with Crippen molar-refractivity contribution in [2.75, 3.05) is 0 Å². The van der Waals surface area contributed by atoms with Crippen molar-refractivity contribution in [1.82, 2.24) is 0 Å². The molecule has 1 aromatic rings. The molecular weight excluding hydrogens is 232 g/mol. The first-order chi connectivity index (χ1) is 8.69. The van der Waals surface area contributed by atoms with Crippen LogP contribution in [0.2, 0.25) is 0 Å². The number of fused-ring (bicyclic) bond motifs is 1. The van der Waals surface area contributed by atoms with Gasteiger partial charge in [-0.1, -0.05) is 39.8 Å². The summed E-state index contributed by atoms with van der Waals surface area (Å²) >= 11 is 0. The maximum Gasteiger partial charge on any atom is 0.185 e. The van der Waals surface area contributed by atoms with Crippen LogP contribution in [-0.4, -0.2) is 5.78 Å². The SMILES string of the molecule is CC=CC(=O)c1cc2c(cc1C)C(C)(C)CC2(C)C. The van der Waals surface area contributed by atoms with E-state index in [0.29, 0.717) is 0 Å². The fourth-order valence-electron chi connectivity index (χ4n) is 3.63. The van der Waals surface area contributed by atoms with E-state index in [-0.39, 0.29) is 16.6 Å². The van der Waals surface area contributed by atoms with E-state index in [4.69, 9.17) is 0 Å². The monoisotopic (exact) mass is 256 g/mol. The first-order valence-corrected chi connectivity index (χ1v) is 7.02. The van der Waals surface area contributed by atoms with Gasteiger partial charge in [0.2, 0.25) is 0 Å². The molecule has 0 bridgehead atoms. The standard InChI is InChI=1S/C18H24O/c1-7-8-16(19)13-10-15-14(9-12(13)2)17(3,4)11-18(15,5)6/h7-10H,11H2,1-6H3. The van der Waals surface area contributed by atoms with Gasteiger partial charge in [-0.15, -0.1) is 0 Å². The number of ketones is 1. The second-order valence-corrected chi connectivity index (χ2v) is 7.02. The molecule has 0 unspecified atom stereocenters. The van der Waals surface area contributed by atoms with Crippen LogP contribution in [0.5, 0.6) is 0 Å². The molecule has 0 aromatic heterocycles. The third-order valence-corrected chi connectivity index (χ3v) is 4.29. The average molecular weight is 256 g/mol. The van der Waals surface area contributed by atoms with Crippen molar-refractivity contribution in [2.24, 2.45) is 0 Å². The minimum Gasteiger partial charge on any atom is -0.289 e. The van der Waals surface area contributed by atoms with E-state index in [1.165, 1.54) is 11.1 Å². The van der Waals surface area contributed by atoms with Crippen molar-refractivity contribution in [3.63, 3.8) is 0 Å². The van der Waals surface area contributed by atoms with Crippen molar-refractivity contribution in [3.8, 4) is 0 Å². The number of aryl methyl sites for hydroxylation is 1. The van der Waals surface area contributed by atoms with E-state index < -0.39 is 0 Å². The van der Waals surface area contributed by atoms with Gasteiger partial charge in [-0.05, 0) is 59.9 Å². The van der Waals surface area contributed by atoms with Crippen LogP contribution in [0.4, 0.5) is 0 Å². The smallest absolute Gasteiger partial charge is 0.185 e. The molecule has 0 N–H and O–H groups in total. The first kappa shape index (κ1) is 14.0. The molecule has 102 valence electrons. The Morgan fingerprint density at radius 1 is 1.11 bits per heavy atom. The van der Waals surface area contributed by atoms with E-state index in [2.05, 4.69) is 39.8 Å². The van der Waals surface area contributed by atoms with E-state index >= 15 is 0 Å². The summed E-state index contributed by atoms with van der Waals surface area (Å²) in [4.78, 5) is 12.2. The van der Waals surface area contributed by atoms with Gasteiger partial charge in [-0.25, -0.2) is 0 Å². The highest BCUT2D eigenvalue weighted by Crippen LogP contribution is 2.49. The highest BCUT2D eigenvalue weighted by Gasteiger charge is 2.42. The van der Waals surface area contributed by atoms with Gasteiger partial charge in [0.15, 0.2) is 5.78 Å². The molecule has 19 heavy (non-hydrogen) atoms. The molecule has 0 amide bonds. The highest BCUT2D eigenvalue weighted by molar-refractivity contribution is 6.05. The van der Waals surface area contributed by atoms with Gasteiger partial charge < -0.3 is 0 Å². The summed E-state index contributed by atoms with van der Waals surface area (Å²) in [5.41, 5.74) is 5.04. The van der Waals surface area contributed by atoms with Gasteiger partial charge in [-0.3, -0.25) is 4.79 Å². The number of carbonyl (C=O) groups excluding carboxylic acids is 1. The molecule has 0 atom stereocenters. The maximum atomic E-state index is 12.2. The van der Waals surface area contributed by atoms with Gasteiger partial charge in [0.1, 0.15) is 0 Å². The summed E-state index contributed by atoms with van der Waals surface area (Å²) in [6.07, 6.45) is 4.60. The fourth-order valence-corrected chi connectivity index (χ4v) is 3.63. The van der Waals surface area contributed by atoms with Crippen LogP contribution in [0.1, 0.15) is 68.1 Å². The average Bonchev–Trinajstić information content (AvgIpc) is 2.43. The molecule has 0 radical (unpaired) electrons. The lowest BCUT2D eigenvalue weighted by atomic mass is 9.82. The van der Waals surface area contributed by atoms with Crippen LogP contribution in [0, 0.1) is 6.92 Å². The van der Waals surface area contributed by atoms with E-state index in [9.17, 15) is 4.79 Å². The molecule has 0 spiro atoms. The molecule has 0 heterocycles. The molecule has 1 aromatic carbocycles. The van der Waals surface area contributed by atoms with E-state index in [0.717, 1.165) is 17.5 Å². The Kier molecular flexibility index (Phi) is 3.20. The van der Waals surface area contributed by atoms with Crippen molar-refractivity contribution >= 4 is 5.78 Å². The zero-order chi connectivity index (χ0) is 14.4. The Labute approximate surface area is 116 Å². The Morgan fingerprint density at radius 2 is 1.63 bits per heavy atom. The zero-order valence-electron chi connectivity index (χ0n) is 12.9. The maximum absolute atomic E-state index is 12.2. The Hall–Kier alpha value is -1.37. The molecule has 1 aliphatic rings. The molecular formula is C18H24O. The van der Waals surface area contributed by atoms with Crippen molar-refractivity contribution in [2.45, 2.75) is 58.8 Å². The quantitative estimate of drug-likeness (QED) is 0.553. The highest BCUT2D eigenvalue weighted by atomic mass is 16.1. The van der Waals surface area contributed by atoms with E-state index in [1.54, 1.807) is 6.08 Å². The summed E-state index contributed by atoms with van der Waals surface area (Å²) in [7, 11) is 0. The zero-order valence-corrected chi connectivity index (χ0v) is 12.9. The summed E-state index contributed by atoms with van der Waals surface area (Å²) in [6, 6.07) is 4.35. The molecule has 1 nitrogen and oxygen atoms in total. The Balaban J connectivity index is 2.64. The lowest BCUT2D eigenvalue weighted by molar-refractivity contribution is 0.104. The normalized spacial score (nSPS) is 19.7. The third kappa shape index (κ3) is 2.27. The number of hydrogen-bond acceptors (Lipinski definition) is 1. The Bertz CT molecular complexity index is 559. The van der Waals surface area contributed by atoms with Crippen LogP contribution < -0.4 is 0 Å². The fraction of sp³-hybridized carbons (Fsp3) is 0.500. The second kappa shape index (κ2) is 4.33. The minimum atomic E-state index is 0.114. The summed E-state index contributed by atoms with van der Waals surface area (Å²) < 4.78 is 0. The second-order valence-electron chi connectivity index (χ2n) is 7.02. The molecule has 0 saturated carbocycles. The van der Waals surface area contributed by atoms with Crippen LogP contribution in [-0.2, 0) is 10.8 Å². The largest absolute Gasteiger partial charge is 0.289 e. The summed E-state index contributed by atoms with van der Waals surface area (Å²) in [6.45, 7) is 13.1. The van der Waals surface area contributed by atoms with E-state index in [1.807, 2.05) is 19.9 Å². The van der Waals surface area contributed by atoms with Gasteiger partial charge in [0.25, 0.3) is 0 Å². The summed E-state index contributed by atoms with van der Waals surface area (Å²) in [5.74, 6) is 0.114. The lowest BCUT2D eigenvalue weighted by Crippen LogP contribution is -2.18. The number of benzene rings is 1. The number of hydrogen-bond donors (Lipinski definition) is 0. The predicted octanol–water partition coefficient (Wildman–Crippen LogP) is 4.71. The predicted molar refractivity (Wildman–Crippen MR) is 81.0 cm³/mol. The molecule has 1 heteroatoms. The van der Waals surface area contributed by atoms with Gasteiger partial charge in [-0.2, -0.15) is 0 Å². The molecule has 0 saturated heterocycles. The van der Waals surface area contributed by atoms with Crippen molar-refractivity contribution in [3.05, 3.63) is 46.5 Å². The van der Waals surface area contributed by atoms with Crippen molar-refractivity contribution < 1.29 is 4.79 Å². The van der Waals surface area contributed by atoms with Gasteiger partial charge >= 0.3 is 0 Å². The van der Waals surface area contributed by atoms with Crippen LogP contribution in [0.25, 0.3) is 0 Å². The minimum absolute atomic E-state index is 0.114. The van der Waals surface area contributed by atoms with Crippen molar-refractivity contribution in [1.29, 1.82) is 0 Å². The number of allylic oxidation sites excluding steroid dienone is 2. The molecule has 1 aliphatic carbocycles. The number of rotatable bonds is 2. The topological polar surface area (TPSA) is 17.1 Å². The van der Waals surface area contributed by atoms with Crippen LogP contribution >= 0.6 is 0 Å². The Morgan fingerprint density at radius 3 is 2.16 bits per heavy atom.